The third-order valence-electron chi connectivity index (χ3n) is 7.10. The van der Waals surface area contributed by atoms with Gasteiger partial charge in [0.25, 0.3) is 0 Å². The van der Waals surface area contributed by atoms with Crippen LogP contribution in [0.3, 0.4) is 0 Å². The molecule has 2 atom stereocenters. The highest BCUT2D eigenvalue weighted by Crippen LogP contribution is 2.46. The number of aromatic nitrogens is 2. The van der Waals surface area contributed by atoms with Gasteiger partial charge < -0.3 is 4.57 Å². The van der Waals surface area contributed by atoms with E-state index in [-0.39, 0.29) is 12.0 Å². The molecule has 37 heavy (non-hydrogen) atoms. The van der Waals surface area contributed by atoms with Crippen LogP contribution in [0.5, 0.6) is 0 Å². The summed E-state index contributed by atoms with van der Waals surface area (Å²) in [5.41, 5.74) is 2.31. The minimum absolute atomic E-state index is 0.0219. The number of halogens is 3. The van der Waals surface area contributed by atoms with Gasteiger partial charge in [0, 0.05) is 42.1 Å². The minimum Gasteiger partial charge on any atom is -0.306 e. The summed E-state index contributed by atoms with van der Waals surface area (Å²) in [4.78, 5) is 6.33. The third kappa shape index (κ3) is 5.29. The van der Waals surface area contributed by atoms with Crippen LogP contribution >= 0.6 is 11.6 Å². The zero-order valence-electron chi connectivity index (χ0n) is 20.7. The second-order valence-electron chi connectivity index (χ2n) is 10.2. The van der Waals surface area contributed by atoms with Crippen molar-refractivity contribution in [3.8, 4) is 11.8 Å². The van der Waals surface area contributed by atoms with Gasteiger partial charge in [-0.25, -0.2) is 13.8 Å². The summed E-state index contributed by atoms with van der Waals surface area (Å²) in [5, 5.41) is 10.1. The molecule has 1 aliphatic heterocycles. The van der Waals surface area contributed by atoms with Crippen molar-refractivity contribution in [3.63, 3.8) is 0 Å². The number of imidazole rings is 1. The highest BCUT2D eigenvalue weighted by Gasteiger charge is 2.45. The molecule has 0 amide bonds. The van der Waals surface area contributed by atoms with E-state index in [0.29, 0.717) is 34.9 Å². The zero-order valence-corrected chi connectivity index (χ0v) is 21.4. The summed E-state index contributed by atoms with van der Waals surface area (Å²) in [5.74, 6) is -0.927. The molecule has 0 bridgehead atoms. The van der Waals surface area contributed by atoms with E-state index in [1.807, 2.05) is 48.5 Å². The molecule has 0 aliphatic carbocycles. The Labute approximate surface area is 220 Å². The Bertz CT molecular complexity index is 1420. The summed E-state index contributed by atoms with van der Waals surface area (Å²) in [6.45, 7) is 4.38. The highest BCUT2D eigenvalue weighted by atomic mass is 35.5. The van der Waals surface area contributed by atoms with Crippen molar-refractivity contribution < 1.29 is 8.78 Å². The fraction of sp³-hybridized carbons (Fsp3) is 0.267. The van der Waals surface area contributed by atoms with Crippen LogP contribution in [0.25, 0.3) is 5.69 Å². The normalized spacial score (nSPS) is 16.1. The first-order valence-electron chi connectivity index (χ1n) is 12.2. The molecule has 3 aromatic carbocycles. The van der Waals surface area contributed by atoms with E-state index in [4.69, 9.17) is 11.6 Å². The van der Waals surface area contributed by atoms with E-state index < -0.39 is 17.4 Å². The first-order chi connectivity index (χ1) is 17.7. The van der Waals surface area contributed by atoms with Crippen LogP contribution in [0.15, 0.2) is 85.5 Å². The van der Waals surface area contributed by atoms with Crippen LogP contribution in [0.4, 0.5) is 8.78 Å². The first kappa shape index (κ1) is 25.1. The van der Waals surface area contributed by atoms with Gasteiger partial charge in [0.1, 0.15) is 11.5 Å². The van der Waals surface area contributed by atoms with E-state index in [9.17, 15) is 9.65 Å². The minimum atomic E-state index is -1.56. The van der Waals surface area contributed by atoms with E-state index in [2.05, 4.69) is 16.0 Å². The molecule has 1 aromatic heterocycles. The summed E-state index contributed by atoms with van der Waals surface area (Å²) in [6, 6.07) is 22.1. The number of rotatable bonds is 7. The maximum absolute atomic E-state index is 15.7. The van der Waals surface area contributed by atoms with E-state index >= 15 is 4.39 Å². The van der Waals surface area contributed by atoms with Crippen molar-refractivity contribution in [3.05, 3.63) is 119 Å². The molecule has 0 N–H and O–H groups in total. The Morgan fingerprint density at radius 2 is 1.78 bits per heavy atom. The largest absolute Gasteiger partial charge is 0.306 e. The fourth-order valence-corrected chi connectivity index (χ4v) is 5.70. The number of hydrogen-bond acceptors (Lipinski definition) is 3. The van der Waals surface area contributed by atoms with E-state index in [0.717, 1.165) is 11.1 Å². The molecular weight excluding hydrogens is 490 g/mol. The van der Waals surface area contributed by atoms with E-state index in [1.54, 1.807) is 43.2 Å². The average molecular weight is 517 g/mol. The summed E-state index contributed by atoms with van der Waals surface area (Å²) in [6.07, 6.45) is 4.97. The maximum atomic E-state index is 15.7. The van der Waals surface area contributed by atoms with Crippen LogP contribution in [0, 0.1) is 23.1 Å². The van der Waals surface area contributed by atoms with Gasteiger partial charge in [0.2, 0.25) is 0 Å². The molecule has 2 heterocycles. The predicted octanol–water partition coefficient (Wildman–Crippen LogP) is 7.09. The Morgan fingerprint density at radius 3 is 2.43 bits per heavy atom. The van der Waals surface area contributed by atoms with Gasteiger partial charge in [0.05, 0.1) is 24.0 Å². The Kier molecular flexibility index (Phi) is 6.85. The summed E-state index contributed by atoms with van der Waals surface area (Å²) in [7, 11) is 0. The molecule has 5 rings (SSSR count). The SMILES string of the molecule is CC(C)(F)[C@H](c1cc(F)cc(-n2ccnc2)c1)C1CN([C@@H](c2ccc(Cl)cc2)c2cccc(C#N)c2)C1. The van der Waals surface area contributed by atoms with Crippen molar-refractivity contribution in [2.24, 2.45) is 5.92 Å². The number of alkyl halides is 1. The van der Waals surface area contributed by atoms with Gasteiger partial charge in [-0.05, 0) is 78.9 Å². The molecule has 0 spiro atoms. The standard InChI is InChI=1S/C30H27ClF2N4/c1-30(2,33)28(23-13-26(32)15-27(14-23)36-11-10-35-19-36)24-17-37(18-24)29(21-6-8-25(31)9-7-21)22-5-3-4-20(12-22)16-34/h3-15,19,24,28-29H,17-18H2,1-2H3/t28-,29+/m1/s1. The zero-order chi connectivity index (χ0) is 26.2. The molecule has 0 saturated carbocycles. The Balaban J connectivity index is 1.47. The highest BCUT2D eigenvalue weighted by molar-refractivity contribution is 6.30. The number of nitrogens with zero attached hydrogens (tertiary/aromatic N) is 4. The molecule has 0 unspecified atom stereocenters. The molecule has 188 valence electrons. The Hall–Kier alpha value is -3.53. The summed E-state index contributed by atoms with van der Waals surface area (Å²) < 4.78 is 32.1. The summed E-state index contributed by atoms with van der Waals surface area (Å²) >= 11 is 6.15. The van der Waals surface area contributed by atoms with Crippen molar-refractivity contribution in [2.75, 3.05) is 13.1 Å². The van der Waals surface area contributed by atoms with Crippen LogP contribution in [0.1, 0.15) is 48.1 Å². The van der Waals surface area contributed by atoms with Crippen molar-refractivity contribution in [1.29, 1.82) is 5.26 Å². The van der Waals surface area contributed by atoms with Gasteiger partial charge in [0.15, 0.2) is 0 Å². The number of nitriles is 1. The molecule has 7 heteroatoms. The lowest BCUT2D eigenvalue weighted by Gasteiger charge is -2.50. The lowest BCUT2D eigenvalue weighted by Crippen LogP contribution is -2.53. The lowest BCUT2D eigenvalue weighted by atomic mass is 9.72. The van der Waals surface area contributed by atoms with E-state index in [1.165, 1.54) is 12.1 Å². The van der Waals surface area contributed by atoms with Gasteiger partial charge >= 0.3 is 0 Å². The molecule has 1 saturated heterocycles. The smallest absolute Gasteiger partial charge is 0.125 e. The van der Waals surface area contributed by atoms with Gasteiger partial charge in [-0.15, -0.1) is 0 Å². The van der Waals surface area contributed by atoms with Crippen LogP contribution < -0.4 is 0 Å². The molecular formula is C30H27ClF2N4. The second-order valence-corrected chi connectivity index (χ2v) is 10.6. The monoisotopic (exact) mass is 516 g/mol. The number of benzene rings is 3. The van der Waals surface area contributed by atoms with Crippen molar-refractivity contribution in [2.45, 2.75) is 31.5 Å². The van der Waals surface area contributed by atoms with Crippen molar-refractivity contribution >= 4 is 11.6 Å². The molecule has 1 fully saturated rings. The first-order valence-corrected chi connectivity index (χ1v) is 12.6. The van der Waals surface area contributed by atoms with Gasteiger partial charge in [-0.1, -0.05) is 35.9 Å². The molecule has 4 aromatic rings. The fourth-order valence-electron chi connectivity index (χ4n) is 5.57. The van der Waals surface area contributed by atoms with Crippen LogP contribution in [0.2, 0.25) is 5.02 Å². The van der Waals surface area contributed by atoms with Crippen LogP contribution in [-0.2, 0) is 0 Å². The lowest BCUT2D eigenvalue weighted by molar-refractivity contribution is 0.00813. The molecule has 1 aliphatic rings. The average Bonchev–Trinajstić information content (AvgIpc) is 3.38. The predicted molar refractivity (Wildman–Crippen MR) is 141 cm³/mol. The molecule has 0 radical (unpaired) electrons. The number of hydrogen-bond donors (Lipinski definition) is 0. The molecule has 4 nitrogen and oxygen atoms in total. The Morgan fingerprint density at radius 1 is 1.03 bits per heavy atom. The van der Waals surface area contributed by atoms with Gasteiger partial charge in [-0.2, -0.15) is 5.26 Å². The second kappa shape index (κ2) is 10.1. The number of likely N-dealkylation sites (tertiary alicyclic amines) is 1. The van der Waals surface area contributed by atoms with Crippen molar-refractivity contribution in [1.82, 2.24) is 14.5 Å². The van der Waals surface area contributed by atoms with Crippen LogP contribution in [-0.4, -0.2) is 33.2 Å². The van der Waals surface area contributed by atoms with Gasteiger partial charge in [-0.3, -0.25) is 4.90 Å². The topological polar surface area (TPSA) is 44.9 Å². The third-order valence-corrected chi connectivity index (χ3v) is 7.35. The quantitative estimate of drug-likeness (QED) is 0.263. The maximum Gasteiger partial charge on any atom is 0.125 e.